The van der Waals surface area contributed by atoms with Crippen molar-refractivity contribution >= 4 is 93.0 Å². The molecule has 0 spiro atoms. The zero-order valence-electron chi connectivity index (χ0n) is 38.9. The maximum Gasteiger partial charge on any atom is -0.00937 e. The number of hydrogen-bond donors (Lipinski definition) is 2. The first kappa shape index (κ1) is 73.1. The summed E-state index contributed by atoms with van der Waals surface area (Å²) >= 11 is -0.241. The zero-order chi connectivity index (χ0) is 52.0. The molecule has 0 saturated carbocycles. The van der Waals surface area contributed by atoms with Crippen molar-refractivity contribution < 1.29 is 77.9 Å². The van der Waals surface area contributed by atoms with Crippen molar-refractivity contribution in [3.8, 4) is 0 Å². The number of aryl methyl sites for hydroxylation is 2. The van der Waals surface area contributed by atoms with Gasteiger partial charge in [0.25, 0.3) is 0 Å². The van der Waals surface area contributed by atoms with E-state index >= 15 is 0 Å². The van der Waals surface area contributed by atoms with Crippen LogP contribution < -0.4 is 40.5 Å². The molecule has 6 aromatic rings. The van der Waals surface area contributed by atoms with Crippen LogP contribution in [0.4, 0.5) is 0 Å². The van der Waals surface area contributed by atoms with Gasteiger partial charge in [0.15, 0.2) is 0 Å². The molecule has 0 radical (unpaired) electrons. The normalized spacial score (nSPS) is 9.54. The molecule has 0 aliphatic rings. The molecule has 2 aromatic heterocycles. The SMILES string of the molecule is CC(=N)N(C)CCCc1c2ccccc2[nH+]c2ccccc12.CC(=[N-])N(C)CCCc1c2ccccc2[nH+]c2ccccc12.O=[N+]([O-])[O-].O=[N+]([O-])[O-].[Cl-].[Cl-].[Cl][Pt].[Cl][Pt]([Cl])[Cl].[NH-]CCCN.[NH-]CCC[NH-]. The molecule has 26 heteroatoms. The minimum Gasteiger partial charge on any atom is -0.677 e. The number of nitrogens with zero attached hydrogens (tertiary/aromatic N) is 5. The number of benzene rings is 4. The third-order valence-corrected chi connectivity index (χ3v) is 9.25. The Morgan fingerprint density at radius 1 is 0.629 bits per heavy atom. The van der Waals surface area contributed by atoms with Gasteiger partial charge in [0.2, 0.25) is 22.1 Å². The van der Waals surface area contributed by atoms with Gasteiger partial charge in [-0.25, -0.2) is 9.97 Å². The quantitative estimate of drug-likeness (QED) is 0.0515. The molecule has 18 nitrogen and oxygen atoms in total. The number of rotatable bonds is 12. The molecule has 8 N–H and O–H groups in total. The molecule has 2 heterocycles. The van der Waals surface area contributed by atoms with Gasteiger partial charge < -0.3 is 93.6 Å². The van der Waals surface area contributed by atoms with Crippen LogP contribution in [0.25, 0.3) is 66.2 Å². The summed E-state index contributed by atoms with van der Waals surface area (Å²) < 4.78 is 0. The second-order valence-electron chi connectivity index (χ2n) is 13.9. The van der Waals surface area contributed by atoms with E-state index < -0.39 is 24.4 Å². The van der Waals surface area contributed by atoms with Gasteiger partial charge in [0.05, 0.1) is 37.6 Å². The van der Waals surface area contributed by atoms with Crippen LogP contribution in [0.5, 0.6) is 0 Å². The van der Waals surface area contributed by atoms with Crippen LogP contribution in [-0.4, -0.2) is 85.0 Å². The third kappa shape index (κ3) is 33.2. The van der Waals surface area contributed by atoms with Gasteiger partial charge in [-0.05, 0) is 81.5 Å². The Morgan fingerprint density at radius 3 is 1.09 bits per heavy atom. The molecule has 400 valence electrons. The molecule has 0 saturated heterocycles. The third-order valence-electron chi connectivity index (χ3n) is 9.25. The summed E-state index contributed by atoms with van der Waals surface area (Å²) in [5.41, 5.74) is 32.0. The molecule has 0 bridgehead atoms. The fourth-order valence-electron chi connectivity index (χ4n) is 6.05. The summed E-state index contributed by atoms with van der Waals surface area (Å²) in [6.07, 6.45) is 5.62. The van der Waals surface area contributed by atoms with Crippen molar-refractivity contribution in [2.75, 3.05) is 53.4 Å². The molecular weight excluding hydrogens is 1400 g/mol. The Kier molecular flexibility index (Phi) is 47.4. The number of halogens is 6. The molecule has 0 fully saturated rings. The molecular formula is C44H60Cl6N12O6Pt2-6. The average Bonchev–Trinajstić information content (AvgIpc) is 3.29. The Labute approximate surface area is 455 Å². The van der Waals surface area contributed by atoms with Crippen molar-refractivity contribution in [1.29, 1.82) is 5.41 Å². The molecule has 0 aliphatic carbocycles. The van der Waals surface area contributed by atoms with Gasteiger partial charge in [0.1, 0.15) is 0 Å². The van der Waals surface area contributed by atoms with E-state index in [4.69, 9.17) is 87.2 Å². The van der Waals surface area contributed by atoms with E-state index in [1.165, 1.54) is 54.7 Å². The van der Waals surface area contributed by atoms with Crippen LogP contribution in [0.1, 0.15) is 50.7 Å². The van der Waals surface area contributed by atoms with Crippen LogP contribution in [-0.2, 0) is 45.8 Å². The number of amidine groups is 2. The fraction of sp³-hybridized carbons (Fsp3) is 0.364. The van der Waals surface area contributed by atoms with E-state index in [0.717, 1.165) is 51.6 Å². The summed E-state index contributed by atoms with van der Waals surface area (Å²) in [5.74, 6) is 0.993. The number of pyridine rings is 2. The summed E-state index contributed by atoms with van der Waals surface area (Å²) in [5, 5.41) is 51.8. The van der Waals surface area contributed by atoms with Gasteiger partial charge in [-0.1, -0.05) is 80.8 Å². The van der Waals surface area contributed by atoms with Crippen molar-refractivity contribution in [2.45, 2.75) is 52.4 Å². The van der Waals surface area contributed by atoms with E-state index in [1.807, 2.05) is 30.8 Å². The Hall–Kier alpha value is -3.48. The number of para-hydroxylation sites is 4. The number of H-pyrrole nitrogens is 2. The van der Waals surface area contributed by atoms with Crippen molar-refractivity contribution in [3.63, 3.8) is 0 Å². The predicted molar refractivity (Wildman–Crippen MR) is 275 cm³/mol. The topological polar surface area (TPSA) is 311 Å². The summed E-state index contributed by atoms with van der Waals surface area (Å²) in [7, 11) is 23.4. The van der Waals surface area contributed by atoms with E-state index in [-0.39, 0.29) is 24.8 Å². The largest absolute Gasteiger partial charge is 0.677 e. The minimum absolute atomic E-state index is 0. The zero-order valence-corrected chi connectivity index (χ0v) is 48.0. The van der Waals surface area contributed by atoms with Crippen molar-refractivity contribution in [2.24, 2.45) is 5.73 Å². The van der Waals surface area contributed by atoms with Crippen LogP contribution in [0.2, 0.25) is 0 Å². The van der Waals surface area contributed by atoms with Crippen LogP contribution in [0.3, 0.4) is 0 Å². The monoisotopic (exact) mass is 1450 g/mol. The number of nitrogens with two attached hydrogens (primary N) is 1. The number of aromatic amines is 2. The van der Waals surface area contributed by atoms with Gasteiger partial charge >= 0.3 is 70.6 Å². The van der Waals surface area contributed by atoms with Gasteiger partial charge in [-0.3, -0.25) is 5.41 Å². The average molecular weight is 1460 g/mol. The van der Waals surface area contributed by atoms with E-state index in [1.54, 1.807) is 25.7 Å². The molecule has 70 heavy (non-hydrogen) atoms. The number of fused-ring (bicyclic) bond motifs is 4. The first-order valence-corrected chi connectivity index (χ1v) is 31.8. The van der Waals surface area contributed by atoms with Crippen LogP contribution >= 0.6 is 37.7 Å². The van der Waals surface area contributed by atoms with E-state index in [2.05, 4.69) is 116 Å². The maximum absolute atomic E-state index is 9.50. The molecule has 0 unspecified atom stereocenters. The molecule has 6 rings (SSSR count). The van der Waals surface area contributed by atoms with Crippen molar-refractivity contribution in [3.05, 3.63) is 161 Å². The summed E-state index contributed by atoms with van der Waals surface area (Å²) in [6, 6.07) is 33.9. The maximum atomic E-state index is 9.50. The molecule has 4 aromatic carbocycles. The molecule has 0 amide bonds. The molecule has 0 atom stereocenters. The number of aromatic nitrogens is 2. The summed E-state index contributed by atoms with van der Waals surface area (Å²) in [4.78, 5) is 27.4. The minimum atomic E-state index is -1.85. The van der Waals surface area contributed by atoms with Crippen molar-refractivity contribution in [1.82, 2.24) is 9.80 Å². The summed E-state index contributed by atoms with van der Waals surface area (Å²) in [6.45, 7) is 7.26. The Morgan fingerprint density at radius 2 is 0.886 bits per heavy atom. The fourth-order valence-corrected chi connectivity index (χ4v) is 6.05. The van der Waals surface area contributed by atoms with Crippen LogP contribution in [0, 0.1) is 36.1 Å². The second kappa shape index (κ2) is 45.4. The van der Waals surface area contributed by atoms with Crippen LogP contribution in [0.15, 0.2) is 97.1 Å². The van der Waals surface area contributed by atoms with Gasteiger partial charge in [-0.2, -0.15) is 13.1 Å². The van der Waals surface area contributed by atoms with E-state index in [9.17, 15) is 5.41 Å². The Balaban J connectivity index is -0.000000420. The smallest absolute Gasteiger partial charge is 0.00937 e. The van der Waals surface area contributed by atoms with Gasteiger partial charge in [0, 0.05) is 37.9 Å². The first-order valence-electron chi connectivity index (χ1n) is 20.5. The second-order valence-corrected chi connectivity index (χ2v) is 23.7. The number of nitrogens with one attached hydrogen (secondary N) is 6. The van der Waals surface area contributed by atoms with Gasteiger partial charge in [-0.15, -0.1) is 6.54 Å². The standard InChI is InChI=1S/C19H21N3.C19H20N3.C3H9N2.C3H8N2.6ClH.2NO3.2Pt/c2*1-14(20)22(2)13-7-10-15-16-8-3-5-11-18(16)21-19-12-6-4-9-17(15)19;2*4-2-1-3-5;;;;;;;2*2-1(3)4;;/h3-6,8-9,11-12,20H,7,10,13H2,1-2H3;3-6,8-9,11-12H,7,10,13H2,1-2H3;4H,1-3,5H2;4-5H,1-3H2;6*1H;;;;/q;2*-1;-2;;;;;;;2*-1;+1;+3/p-4. The first-order chi connectivity index (χ1) is 32.4. The predicted octanol–water partition coefficient (Wildman–Crippen LogP) is 5.48. The molecule has 0 aliphatic heterocycles. The van der Waals surface area contributed by atoms with E-state index in [0.29, 0.717) is 37.9 Å². The Bertz CT molecular complexity index is 2090. The number of hydrogen-bond acceptors (Lipinski definition) is 8.